The lowest BCUT2D eigenvalue weighted by Gasteiger charge is -2.22. The van der Waals surface area contributed by atoms with Gasteiger partial charge in [0.25, 0.3) is 5.91 Å². The van der Waals surface area contributed by atoms with Gasteiger partial charge in [0.15, 0.2) is 0 Å². The Kier molecular flexibility index (Phi) is 5.07. The van der Waals surface area contributed by atoms with E-state index in [1.54, 1.807) is 0 Å². The first-order valence-electron chi connectivity index (χ1n) is 5.27. The minimum atomic E-state index is -4.55. The van der Waals surface area contributed by atoms with E-state index < -0.39 is 31.8 Å². The van der Waals surface area contributed by atoms with E-state index in [9.17, 15) is 18.0 Å². The van der Waals surface area contributed by atoms with Gasteiger partial charge >= 0.3 is 6.18 Å². The Morgan fingerprint density at radius 2 is 2.21 bits per heavy atom. The third kappa shape index (κ3) is 4.72. The van der Waals surface area contributed by atoms with Crippen LogP contribution in [-0.2, 0) is 0 Å². The molecule has 0 fully saturated rings. The summed E-state index contributed by atoms with van der Waals surface area (Å²) in [5.74, 6) is 4.21. The van der Waals surface area contributed by atoms with Crippen molar-refractivity contribution in [3.8, 4) is 0 Å². The second-order valence-electron chi connectivity index (χ2n) is 3.64. The third-order valence-electron chi connectivity index (χ3n) is 2.17. The molecule has 0 atom stereocenters. The first-order chi connectivity index (χ1) is 8.87. The van der Waals surface area contributed by atoms with Gasteiger partial charge in [-0.15, -0.1) is 0 Å². The summed E-state index contributed by atoms with van der Waals surface area (Å²) in [4.78, 5) is 16.0. The van der Waals surface area contributed by atoms with E-state index in [0.29, 0.717) is 10.6 Å². The summed E-state index contributed by atoms with van der Waals surface area (Å²) >= 11 is 0. The molecule has 0 aliphatic carbocycles. The number of aromatic nitrogens is 1. The minimum Gasteiger partial charge on any atom is -0.395 e. The third-order valence-corrected chi connectivity index (χ3v) is 2.17. The number of nitrogen functional groups attached to an aromatic ring is 1. The van der Waals surface area contributed by atoms with Crippen molar-refractivity contribution in [3.63, 3.8) is 0 Å². The fraction of sp³-hybridized carbons (Fsp3) is 0.400. The van der Waals surface area contributed by atoms with Crippen molar-refractivity contribution in [2.45, 2.75) is 6.18 Å². The average molecular weight is 278 g/mol. The Balaban J connectivity index is 2.91. The maximum absolute atomic E-state index is 12.3. The summed E-state index contributed by atoms with van der Waals surface area (Å²) in [6.45, 7) is -2.45. The van der Waals surface area contributed by atoms with Crippen molar-refractivity contribution < 1.29 is 23.1 Å². The van der Waals surface area contributed by atoms with Crippen LogP contribution >= 0.6 is 0 Å². The zero-order chi connectivity index (χ0) is 14.5. The number of nitrogens with zero attached hydrogens (tertiary/aromatic N) is 2. The highest BCUT2D eigenvalue weighted by Gasteiger charge is 2.33. The van der Waals surface area contributed by atoms with Gasteiger partial charge in [-0.25, -0.2) is 0 Å². The molecule has 19 heavy (non-hydrogen) atoms. The predicted octanol–water partition coefficient (Wildman–Crippen LogP) is 0.364. The van der Waals surface area contributed by atoms with E-state index in [-0.39, 0.29) is 5.69 Å². The molecule has 1 amide bonds. The van der Waals surface area contributed by atoms with Gasteiger partial charge in [-0.2, -0.15) is 13.2 Å². The zero-order valence-corrected chi connectivity index (χ0v) is 9.81. The van der Waals surface area contributed by atoms with Gasteiger partial charge in [-0.1, -0.05) is 0 Å². The van der Waals surface area contributed by atoms with Crippen LogP contribution in [0.4, 0.5) is 18.9 Å². The number of hydrogen-bond donors (Lipinski definition) is 3. The summed E-state index contributed by atoms with van der Waals surface area (Å²) in [6, 6.07) is 2.68. The molecular formula is C10H13F3N4O2. The molecule has 0 unspecified atom stereocenters. The molecule has 0 aromatic carbocycles. The summed E-state index contributed by atoms with van der Waals surface area (Å²) in [6.07, 6.45) is -3.30. The number of aliphatic hydroxyl groups is 1. The molecule has 0 bridgehead atoms. The molecule has 1 rings (SSSR count). The molecule has 1 aromatic heterocycles. The molecular weight excluding hydrogens is 265 g/mol. The monoisotopic (exact) mass is 278 g/mol. The SMILES string of the molecule is NNc1ccnc(C(=O)N(CCO)CC(F)(F)F)c1. The van der Waals surface area contributed by atoms with E-state index in [2.05, 4.69) is 10.4 Å². The lowest BCUT2D eigenvalue weighted by molar-refractivity contribution is -0.141. The van der Waals surface area contributed by atoms with Crippen LogP contribution in [0.25, 0.3) is 0 Å². The Morgan fingerprint density at radius 1 is 1.53 bits per heavy atom. The number of halogens is 3. The van der Waals surface area contributed by atoms with Crippen molar-refractivity contribution in [2.75, 3.05) is 25.1 Å². The van der Waals surface area contributed by atoms with Crippen LogP contribution in [0.15, 0.2) is 18.3 Å². The number of anilines is 1. The number of alkyl halides is 3. The molecule has 1 heterocycles. The standard InChI is InChI=1S/C10H13F3N4O2/c11-10(12,13)6-17(3-4-18)9(19)8-5-7(16-14)1-2-15-8/h1-2,5,18H,3-4,6,14H2,(H,15,16). The maximum atomic E-state index is 12.3. The van der Waals surface area contributed by atoms with Crippen molar-refractivity contribution in [1.82, 2.24) is 9.88 Å². The molecule has 0 saturated carbocycles. The zero-order valence-electron chi connectivity index (χ0n) is 9.81. The molecule has 1 aromatic rings. The quantitative estimate of drug-likeness (QED) is 0.534. The Morgan fingerprint density at radius 3 is 2.74 bits per heavy atom. The Bertz CT molecular complexity index is 439. The summed E-state index contributed by atoms with van der Waals surface area (Å²) in [7, 11) is 0. The highest BCUT2D eigenvalue weighted by Crippen LogP contribution is 2.18. The number of aliphatic hydroxyl groups excluding tert-OH is 1. The van der Waals surface area contributed by atoms with E-state index in [1.165, 1.54) is 18.3 Å². The number of hydrogen-bond acceptors (Lipinski definition) is 5. The normalized spacial score (nSPS) is 11.2. The number of amides is 1. The first kappa shape index (κ1) is 15.2. The van der Waals surface area contributed by atoms with E-state index in [1.807, 2.05) is 0 Å². The second-order valence-corrected chi connectivity index (χ2v) is 3.64. The van der Waals surface area contributed by atoms with Crippen LogP contribution in [0.3, 0.4) is 0 Å². The maximum Gasteiger partial charge on any atom is 0.406 e. The summed E-state index contributed by atoms with van der Waals surface area (Å²) in [5, 5.41) is 8.72. The van der Waals surface area contributed by atoms with Crippen LogP contribution in [0.2, 0.25) is 0 Å². The number of carbonyl (C=O) groups excluding carboxylic acids is 1. The van der Waals surface area contributed by atoms with Gasteiger partial charge in [0.05, 0.1) is 12.3 Å². The molecule has 4 N–H and O–H groups in total. The summed E-state index contributed by atoms with van der Waals surface area (Å²) < 4.78 is 37.0. The lowest BCUT2D eigenvalue weighted by atomic mass is 10.3. The molecule has 106 valence electrons. The predicted molar refractivity (Wildman–Crippen MR) is 61.1 cm³/mol. The fourth-order valence-electron chi connectivity index (χ4n) is 1.39. The number of carbonyl (C=O) groups is 1. The van der Waals surface area contributed by atoms with Gasteiger partial charge < -0.3 is 15.4 Å². The van der Waals surface area contributed by atoms with Crippen molar-refractivity contribution in [3.05, 3.63) is 24.0 Å². The van der Waals surface area contributed by atoms with Crippen LogP contribution in [0, 0.1) is 0 Å². The van der Waals surface area contributed by atoms with Gasteiger partial charge in [0, 0.05) is 12.7 Å². The fourth-order valence-corrected chi connectivity index (χ4v) is 1.39. The van der Waals surface area contributed by atoms with Crippen molar-refractivity contribution in [1.29, 1.82) is 0 Å². The lowest BCUT2D eigenvalue weighted by Crippen LogP contribution is -2.41. The topological polar surface area (TPSA) is 91.5 Å². The number of rotatable bonds is 5. The van der Waals surface area contributed by atoms with Crippen LogP contribution < -0.4 is 11.3 Å². The Hall–Kier alpha value is -1.87. The smallest absolute Gasteiger partial charge is 0.395 e. The average Bonchev–Trinajstić information content (AvgIpc) is 2.36. The molecule has 6 nitrogen and oxygen atoms in total. The molecule has 0 saturated heterocycles. The minimum absolute atomic E-state index is 0.187. The van der Waals surface area contributed by atoms with Crippen LogP contribution in [-0.4, -0.2) is 46.8 Å². The van der Waals surface area contributed by atoms with Crippen molar-refractivity contribution >= 4 is 11.6 Å². The number of nitrogens with one attached hydrogen (secondary N) is 1. The molecule has 0 radical (unpaired) electrons. The molecule has 9 heteroatoms. The van der Waals surface area contributed by atoms with Gasteiger partial charge in [-0.3, -0.25) is 15.6 Å². The second kappa shape index (κ2) is 6.34. The number of hydrazine groups is 1. The highest BCUT2D eigenvalue weighted by atomic mass is 19.4. The van der Waals surface area contributed by atoms with Gasteiger partial charge in [0.2, 0.25) is 0 Å². The highest BCUT2D eigenvalue weighted by molar-refractivity contribution is 5.93. The largest absolute Gasteiger partial charge is 0.406 e. The van der Waals surface area contributed by atoms with E-state index >= 15 is 0 Å². The van der Waals surface area contributed by atoms with Crippen LogP contribution in [0.1, 0.15) is 10.5 Å². The Labute approximate surface area is 107 Å². The molecule has 0 aliphatic rings. The van der Waals surface area contributed by atoms with Gasteiger partial charge in [-0.05, 0) is 12.1 Å². The van der Waals surface area contributed by atoms with Gasteiger partial charge in [0.1, 0.15) is 12.2 Å². The van der Waals surface area contributed by atoms with Crippen molar-refractivity contribution in [2.24, 2.45) is 5.84 Å². The number of pyridine rings is 1. The van der Waals surface area contributed by atoms with E-state index in [0.717, 1.165) is 0 Å². The summed E-state index contributed by atoms with van der Waals surface area (Å²) in [5.41, 5.74) is 2.41. The van der Waals surface area contributed by atoms with E-state index in [4.69, 9.17) is 10.9 Å². The number of nitrogens with two attached hydrogens (primary N) is 1. The van der Waals surface area contributed by atoms with Crippen LogP contribution in [0.5, 0.6) is 0 Å². The molecule has 0 spiro atoms. The molecule has 0 aliphatic heterocycles. The first-order valence-corrected chi connectivity index (χ1v) is 5.27.